The van der Waals surface area contributed by atoms with E-state index in [-0.39, 0.29) is 6.10 Å². The molecular formula is C20H22O3. The van der Waals surface area contributed by atoms with Gasteiger partial charge in [0, 0.05) is 6.42 Å². The van der Waals surface area contributed by atoms with Crippen molar-refractivity contribution < 1.29 is 14.2 Å². The van der Waals surface area contributed by atoms with Crippen LogP contribution < -0.4 is 4.74 Å². The van der Waals surface area contributed by atoms with Crippen molar-refractivity contribution in [3.05, 3.63) is 65.7 Å². The summed E-state index contributed by atoms with van der Waals surface area (Å²) in [6, 6.07) is 17.9. The van der Waals surface area contributed by atoms with Crippen molar-refractivity contribution in [1.29, 1.82) is 0 Å². The Labute approximate surface area is 138 Å². The maximum Gasteiger partial charge on any atom is 0.118 e. The van der Waals surface area contributed by atoms with Crippen molar-refractivity contribution >= 4 is 0 Å². The average molecular weight is 310 g/mol. The topological polar surface area (TPSA) is 27.7 Å². The molecule has 0 spiro atoms. The van der Waals surface area contributed by atoms with Crippen LogP contribution in [0.4, 0.5) is 0 Å². The van der Waals surface area contributed by atoms with Gasteiger partial charge in [-0.3, -0.25) is 0 Å². The molecule has 0 fully saturated rings. The van der Waals surface area contributed by atoms with E-state index in [4.69, 9.17) is 20.6 Å². The summed E-state index contributed by atoms with van der Waals surface area (Å²) in [5.41, 5.74) is 2.22. The summed E-state index contributed by atoms with van der Waals surface area (Å²) < 4.78 is 16.7. The SMILES string of the molecule is C#CC[C@@H](COCc1ccccc1)OCc1ccc(OC)cc1. The third kappa shape index (κ3) is 6.15. The summed E-state index contributed by atoms with van der Waals surface area (Å²) in [4.78, 5) is 0. The van der Waals surface area contributed by atoms with Crippen LogP contribution >= 0.6 is 0 Å². The summed E-state index contributed by atoms with van der Waals surface area (Å²) in [6.45, 7) is 1.55. The van der Waals surface area contributed by atoms with E-state index in [0.29, 0.717) is 26.2 Å². The Hall–Kier alpha value is -2.28. The maximum absolute atomic E-state index is 5.87. The zero-order chi connectivity index (χ0) is 16.3. The van der Waals surface area contributed by atoms with Crippen molar-refractivity contribution in [3.8, 4) is 18.1 Å². The van der Waals surface area contributed by atoms with Gasteiger partial charge in [-0.25, -0.2) is 0 Å². The molecule has 0 heterocycles. The van der Waals surface area contributed by atoms with Gasteiger partial charge in [0.15, 0.2) is 0 Å². The monoisotopic (exact) mass is 310 g/mol. The van der Waals surface area contributed by atoms with Gasteiger partial charge in [0.1, 0.15) is 5.75 Å². The molecule has 0 N–H and O–H groups in total. The largest absolute Gasteiger partial charge is 0.497 e. The van der Waals surface area contributed by atoms with Gasteiger partial charge in [-0.2, -0.15) is 0 Å². The van der Waals surface area contributed by atoms with E-state index < -0.39 is 0 Å². The maximum atomic E-state index is 5.87. The molecule has 0 radical (unpaired) electrons. The zero-order valence-electron chi connectivity index (χ0n) is 13.4. The van der Waals surface area contributed by atoms with Crippen LogP contribution in [-0.4, -0.2) is 19.8 Å². The predicted molar refractivity (Wildman–Crippen MR) is 91.1 cm³/mol. The first kappa shape index (κ1) is 17.1. The van der Waals surface area contributed by atoms with E-state index in [2.05, 4.69) is 5.92 Å². The third-order valence-electron chi connectivity index (χ3n) is 3.41. The van der Waals surface area contributed by atoms with Gasteiger partial charge in [-0.15, -0.1) is 12.3 Å². The normalized spacial score (nSPS) is 11.7. The lowest BCUT2D eigenvalue weighted by Crippen LogP contribution is -2.19. The molecule has 23 heavy (non-hydrogen) atoms. The highest BCUT2D eigenvalue weighted by Gasteiger charge is 2.09. The predicted octanol–water partition coefficient (Wildman–Crippen LogP) is 3.82. The van der Waals surface area contributed by atoms with Crippen molar-refractivity contribution in [3.63, 3.8) is 0 Å². The second kappa shape index (κ2) is 9.68. The molecular weight excluding hydrogens is 288 g/mol. The summed E-state index contributed by atoms with van der Waals surface area (Å²) in [6.07, 6.45) is 5.84. The van der Waals surface area contributed by atoms with Gasteiger partial charge in [-0.05, 0) is 23.3 Å². The number of terminal acetylenes is 1. The Morgan fingerprint density at radius 1 is 0.957 bits per heavy atom. The molecule has 2 aromatic rings. The molecule has 3 heteroatoms. The lowest BCUT2D eigenvalue weighted by atomic mass is 10.2. The molecule has 0 amide bonds. The Morgan fingerprint density at radius 2 is 1.65 bits per heavy atom. The van der Waals surface area contributed by atoms with Crippen LogP contribution in [0.1, 0.15) is 17.5 Å². The van der Waals surface area contributed by atoms with E-state index >= 15 is 0 Å². The fourth-order valence-electron chi connectivity index (χ4n) is 2.12. The molecule has 0 aliphatic rings. The lowest BCUT2D eigenvalue weighted by Gasteiger charge is -2.16. The first-order valence-electron chi connectivity index (χ1n) is 7.61. The van der Waals surface area contributed by atoms with Crippen LogP contribution in [0.3, 0.4) is 0 Å². The Morgan fingerprint density at radius 3 is 2.30 bits per heavy atom. The fourth-order valence-corrected chi connectivity index (χ4v) is 2.12. The van der Waals surface area contributed by atoms with Gasteiger partial charge in [0.2, 0.25) is 0 Å². The number of benzene rings is 2. The van der Waals surface area contributed by atoms with Crippen molar-refractivity contribution in [1.82, 2.24) is 0 Å². The second-order valence-corrected chi connectivity index (χ2v) is 5.19. The van der Waals surface area contributed by atoms with Crippen LogP contribution in [-0.2, 0) is 22.7 Å². The Kier molecular flexibility index (Phi) is 7.19. The van der Waals surface area contributed by atoms with E-state index in [9.17, 15) is 0 Å². The molecule has 0 aliphatic heterocycles. The van der Waals surface area contributed by atoms with E-state index in [1.165, 1.54) is 0 Å². The van der Waals surface area contributed by atoms with E-state index in [1.54, 1.807) is 7.11 Å². The van der Waals surface area contributed by atoms with Gasteiger partial charge in [0.25, 0.3) is 0 Å². The number of hydrogen-bond donors (Lipinski definition) is 0. The minimum Gasteiger partial charge on any atom is -0.497 e. The molecule has 2 aromatic carbocycles. The standard InChI is InChI=1S/C20H22O3/c1-3-7-20(16-22-14-17-8-5-4-6-9-17)23-15-18-10-12-19(21-2)13-11-18/h1,4-6,8-13,20H,7,14-16H2,2H3/t20-/m0/s1. The number of ether oxygens (including phenoxy) is 3. The first-order chi connectivity index (χ1) is 11.3. The third-order valence-corrected chi connectivity index (χ3v) is 3.41. The van der Waals surface area contributed by atoms with Gasteiger partial charge < -0.3 is 14.2 Å². The second-order valence-electron chi connectivity index (χ2n) is 5.19. The summed E-state index contributed by atoms with van der Waals surface area (Å²) in [7, 11) is 1.65. The number of methoxy groups -OCH3 is 1. The Balaban J connectivity index is 1.77. The van der Waals surface area contributed by atoms with Crippen LogP contribution in [0, 0.1) is 12.3 Å². The lowest BCUT2D eigenvalue weighted by molar-refractivity contribution is -0.0267. The molecule has 0 saturated carbocycles. The molecule has 0 unspecified atom stereocenters. The highest BCUT2D eigenvalue weighted by Crippen LogP contribution is 2.13. The van der Waals surface area contributed by atoms with Crippen LogP contribution in [0.25, 0.3) is 0 Å². The fraction of sp³-hybridized carbons (Fsp3) is 0.300. The van der Waals surface area contributed by atoms with Crippen LogP contribution in [0.5, 0.6) is 5.75 Å². The molecule has 0 bridgehead atoms. The van der Waals surface area contributed by atoms with Crippen LogP contribution in [0.15, 0.2) is 54.6 Å². The molecule has 120 valence electrons. The molecule has 0 aromatic heterocycles. The van der Waals surface area contributed by atoms with Gasteiger partial charge >= 0.3 is 0 Å². The van der Waals surface area contributed by atoms with Crippen molar-refractivity contribution in [2.45, 2.75) is 25.7 Å². The van der Waals surface area contributed by atoms with Gasteiger partial charge in [-0.1, -0.05) is 42.5 Å². The van der Waals surface area contributed by atoms with Crippen molar-refractivity contribution in [2.75, 3.05) is 13.7 Å². The van der Waals surface area contributed by atoms with E-state index in [1.807, 2.05) is 54.6 Å². The molecule has 2 rings (SSSR count). The minimum atomic E-state index is -0.106. The smallest absolute Gasteiger partial charge is 0.118 e. The highest BCUT2D eigenvalue weighted by atomic mass is 16.5. The molecule has 0 saturated heterocycles. The summed E-state index contributed by atoms with van der Waals surface area (Å²) in [5, 5.41) is 0. The minimum absolute atomic E-state index is 0.106. The Bertz CT molecular complexity index is 599. The highest BCUT2D eigenvalue weighted by molar-refractivity contribution is 5.26. The van der Waals surface area contributed by atoms with Crippen molar-refractivity contribution in [2.24, 2.45) is 0 Å². The molecule has 3 nitrogen and oxygen atoms in total. The summed E-state index contributed by atoms with van der Waals surface area (Å²) >= 11 is 0. The van der Waals surface area contributed by atoms with Gasteiger partial charge in [0.05, 0.1) is 33.0 Å². The molecule has 0 aliphatic carbocycles. The van der Waals surface area contributed by atoms with E-state index in [0.717, 1.165) is 16.9 Å². The number of rotatable bonds is 9. The first-order valence-corrected chi connectivity index (χ1v) is 7.61. The quantitative estimate of drug-likeness (QED) is 0.659. The molecule has 1 atom stereocenters. The van der Waals surface area contributed by atoms with Crippen LogP contribution in [0.2, 0.25) is 0 Å². The summed E-state index contributed by atoms with van der Waals surface area (Å²) in [5.74, 6) is 3.48. The zero-order valence-corrected chi connectivity index (χ0v) is 13.4. The average Bonchev–Trinajstić information content (AvgIpc) is 2.61. The number of hydrogen-bond acceptors (Lipinski definition) is 3.